The summed E-state index contributed by atoms with van der Waals surface area (Å²) in [6.45, 7) is 3.29. The molecule has 8 heteroatoms. The Labute approximate surface area is 191 Å². The third-order valence-corrected chi connectivity index (χ3v) is 6.03. The number of carbonyl (C=O) groups is 1. The Balaban J connectivity index is 1.36. The van der Waals surface area contributed by atoms with Gasteiger partial charge in [0.05, 0.1) is 5.69 Å². The zero-order valence-corrected chi connectivity index (χ0v) is 18.4. The third-order valence-electron chi connectivity index (χ3n) is 5.70. The highest BCUT2D eigenvalue weighted by Crippen LogP contribution is 2.27. The number of anilines is 2. The molecule has 1 saturated heterocycles. The topological polar surface area (TPSA) is 77.2 Å². The molecule has 0 unspecified atom stereocenters. The van der Waals surface area contributed by atoms with E-state index in [2.05, 4.69) is 32.2 Å². The Hall–Kier alpha value is -3.42. The van der Waals surface area contributed by atoms with Crippen molar-refractivity contribution in [2.75, 3.05) is 38.5 Å². The minimum atomic E-state index is 0.0413. The number of rotatable bonds is 4. The second-order valence-electron chi connectivity index (χ2n) is 7.95. The largest absolute Gasteiger partial charge is 0.351 e. The van der Waals surface area contributed by atoms with Crippen molar-refractivity contribution >= 4 is 40.0 Å². The van der Waals surface area contributed by atoms with Crippen LogP contribution in [0.3, 0.4) is 0 Å². The normalized spacial score (nSPS) is 14.6. The van der Waals surface area contributed by atoms with Crippen LogP contribution in [0.2, 0.25) is 5.02 Å². The smallest absolute Gasteiger partial charge is 0.270 e. The van der Waals surface area contributed by atoms with Crippen molar-refractivity contribution < 1.29 is 4.79 Å². The van der Waals surface area contributed by atoms with E-state index in [0.29, 0.717) is 16.7 Å². The third kappa shape index (κ3) is 4.17. The highest BCUT2D eigenvalue weighted by atomic mass is 35.5. The van der Waals surface area contributed by atoms with Crippen molar-refractivity contribution in [3.8, 4) is 11.3 Å². The molecule has 162 valence electrons. The van der Waals surface area contributed by atoms with Crippen LogP contribution in [0.1, 0.15) is 10.5 Å². The summed E-state index contributed by atoms with van der Waals surface area (Å²) in [6, 6.07) is 17.2. The number of fused-ring (bicyclic) bond motifs is 1. The van der Waals surface area contributed by atoms with Crippen LogP contribution in [-0.4, -0.2) is 63.9 Å². The highest BCUT2D eigenvalue weighted by molar-refractivity contribution is 6.33. The van der Waals surface area contributed by atoms with E-state index < -0.39 is 0 Å². The van der Waals surface area contributed by atoms with E-state index >= 15 is 0 Å². The van der Waals surface area contributed by atoms with Crippen LogP contribution < -0.4 is 5.32 Å². The van der Waals surface area contributed by atoms with Crippen molar-refractivity contribution in [1.29, 1.82) is 0 Å². The van der Waals surface area contributed by atoms with E-state index in [1.165, 1.54) is 0 Å². The lowest BCUT2D eigenvalue weighted by Crippen LogP contribution is -2.47. The maximum atomic E-state index is 12.9. The summed E-state index contributed by atoms with van der Waals surface area (Å²) in [4.78, 5) is 29.2. The second kappa shape index (κ2) is 8.61. The summed E-state index contributed by atoms with van der Waals surface area (Å²) < 4.78 is 0. The molecule has 2 aromatic carbocycles. The summed E-state index contributed by atoms with van der Waals surface area (Å²) in [5, 5.41) is 4.85. The molecule has 0 aliphatic carbocycles. The summed E-state index contributed by atoms with van der Waals surface area (Å²) in [6.07, 6.45) is 1.70. The molecule has 0 radical (unpaired) electrons. The van der Waals surface area contributed by atoms with E-state index in [-0.39, 0.29) is 5.91 Å². The van der Waals surface area contributed by atoms with Crippen LogP contribution in [-0.2, 0) is 0 Å². The number of aromatic nitrogens is 3. The average Bonchev–Trinajstić information content (AvgIpc) is 3.23. The Morgan fingerprint density at radius 3 is 2.69 bits per heavy atom. The first-order valence-electron chi connectivity index (χ1n) is 10.5. The molecule has 2 N–H and O–H groups in total. The van der Waals surface area contributed by atoms with E-state index in [1.807, 2.05) is 59.5 Å². The Bertz CT molecular complexity index is 1280. The molecule has 1 amide bonds. The van der Waals surface area contributed by atoms with E-state index in [4.69, 9.17) is 11.6 Å². The van der Waals surface area contributed by atoms with Gasteiger partial charge in [0.25, 0.3) is 5.91 Å². The number of amides is 1. The van der Waals surface area contributed by atoms with Crippen molar-refractivity contribution in [1.82, 2.24) is 24.8 Å². The predicted octanol–water partition coefficient (Wildman–Crippen LogP) is 4.41. The molecule has 5 rings (SSSR count). The molecule has 0 saturated carbocycles. The van der Waals surface area contributed by atoms with Gasteiger partial charge in [0.2, 0.25) is 5.95 Å². The van der Waals surface area contributed by atoms with Crippen molar-refractivity contribution in [2.45, 2.75) is 0 Å². The van der Waals surface area contributed by atoms with Crippen LogP contribution in [0.5, 0.6) is 0 Å². The van der Waals surface area contributed by atoms with Crippen LogP contribution in [0, 0.1) is 0 Å². The number of aromatic amines is 1. The van der Waals surface area contributed by atoms with Gasteiger partial charge in [-0.3, -0.25) is 4.79 Å². The Morgan fingerprint density at radius 1 is 1.06 bits per heavy atom. The molecular weight excluding hydrogens is 424 g/mol. The molecule has 4 aromatic rings. The molecule has 1 fully saturated rings. The number of piperazine rings is 1. The monoisotopic (exact) mass is 446 g/mol. The Morgan fingerprint density at radius 2 is 1.88 bits per heavy atom. The van der Waals surface area contributed by atoms with Crippen molar-refractivity contribution in [3.63, 3.8) is 0 Å². The number of halogens is 1. The van der Waals surface area contributed by atoms with Gasteiger partial charge >= 0.3 is 0 Å². The molecule has 0 bridgehead atoms. The average molecular weight is 447 g/mol. The minimum Gasteiger partial charge on any atom is -0.351 e. The van der Waals surface area contributed by atoms with Gasteiger partial charge in [-0.15, -0.1) is 0 Å². The number of hydrogen-bond donors (Lipinski definition) is 2. The standard InChI is InChI=1S/C24H23ClN6O/c1-30-10-12-31(13-11-30)23(32)22-15-16-14-17(6-7-20(16)28-22)27-24-26-9-8-21(29-24)18-4-2-3-5-19(18)25/h2-9,14-15,28H,10-13H2,1H3,(H,26,27,29). The molecular formula is C24H23ClN6O. The minimum absolute atomic E-state index is 0.0413. The van der Waals surface area contributed by atoms with Crippen LogP contribution in [0.4, 0.5) is 11.6 Å². The number of H-pyrrole nitrogens is 1. The predicted molar refractivity (Wildman–Crippen MR) is 127 cm³/mol. The first kappa shape index (κ1) is 20.5. The lowest BCUT2D eigenvalue weighted by Gasteiger charge is -2.32. The van der Waals surface area contributed by atoms with Gasteiger partial charge in [0.1, 0.15) is 5.69 Å². The second-order valence-corrected chi connectivity index (χ2v) is 8.36. The fraction of sp³-hybridized carbons (Fsp3) is 0.208. The molecule has 0 spiro atoms. The first-order chi connectivity index (χ1) is 15.6. The van der Waals surface area contributed by atoms with E-state index in [0.717, 1.165) is 54.0 Å². The van der Waals surface area contributed by atoms with Crippen LogP contribution >= 0.6 is 11.6 Å². The van der Waals surface area contributed by atoms with Crippen molar-refractivity contribution in [2.24, 2.45) is 0 Å². The zero-order chi connectivity index (χ0) is 22.1. The van der Waals surface area contributed by atoms with Gasteiger partial charge in [-0.2, -0.15) is 0 Å². The Kier molecular flexibility index (Phi) is 5.51. The van der Waals surface area contributed by atoms with Gasteiger partial charge < -0.3 is 20.1 Å². The summed E-state index contributed by atoms with van der Waals surface area (Å²) in [5.74, 6) is 0.519. The zero-order valence-electron chi connectivity index (χ0n) is 17.7. The molecule has 2 aromatic heterocycles. The van der Waals surface area contributed by atoms with Gasteiger partial charge in [-0.1, -0.05) is 29.8 Å². The van der Waals surface area contributed by atoms with Gasteiger partial charge in [0, 0.05) is 59.6 Å². The van der Waals surface area contributed by atoms with Crippen LogP contribution in [0.15, 0.2) is 60.8 Å². The van der Waals surface area contributed by atoms with Crippen molar-refractivity contribution in [3.05, 3.63) is 71.5 Å². The summed E-state index contributed by atoms with van der Waals surface area (Å²) in [7, 11) is 2.08. The summed E-state index contributed by atoms with van der Waals surface area (Å²) >= 11 is 6.31. The molecule has 3 heterocycles. The van der Waals surface area contributed by atoms with Crippen LogP contribution in [0.25, 0.3) is 22.2 Å². The SMILES string of the molecule is CN1CCN(C(=O)c2cc3cc(Nc4nccc(-c5ccccc5Cl)n4)ccc3[nH]2)CC1. The molecule has 32 heavy (non-hydrogen) atoms. The fourth-order valence-electron chi connectivity index (χ4n) is 3.87. The lowest BCUT2D eigenvalue weighted by molar-refractivity contribution is 0.0659. The molecule has 7 nitrogen and oxygen atoms in total. The molecule has 1 aliphatic rings. The van der Waals surface area contributed by atoms with E-state index in [1.54, 1.807) is 6.20 Å². The van der Waals surface area contributed by atoms with E-state index in [9.17, 15) is 4.79 Å². The number of nitrogens with one attached hydrogen (secondary N) is 2. The number of benzene rings is 2. The van der Waals surface area contributed by atoms with Gasteiger partial charge in [-0.25, -0.2) is 9.97 Å². The number of carbonyl (C=O) groups excluding carboxylic acids is 1. The number of likely N-dealkylation sites (N-methyl/N-ethyl adjacent to an activating group) is 1. The molecule has 0 atom stereocenters. The maximum Gasteiger partial charge on any atom is 0.270 e. The fourth-order valence-corrected chi connectivity index (χ4v) is 4.11. The molecule has 1 aliphatic heterocycles. The number of hydrogen-bond acceptors (Lipinski definition) is 5. The maximum absolute atomic E-state index is 12.9. The lowest BCUT2D eigenvalue weighted by atomic mass is 10.1. The summed E-state index contributed by atoms with van der Waals surface area (Å²) in [5.41, 5.74) is 3.97. The quantitative estimate of drug-likeness (QED) is 0.485. The highest BCUT2D eigenvalue weighted by Gasteiger charge is 2.21. The first-order valence-corrected chi connectivity index (χ1v) is 10.9. The van der Waals surface area contributed by atoms with Gasteiger partial charge in [0.15, 0.2) is 0 Å². The number of nitrogens with zero attached hydrogens (tertiary/aromatic N) is 4. The van der Waals surface area contributed by atoms with Gasteiger partial charge in [-0.05, 0) is 43.4 Å².